The lowest BCUT2D eigenvalue weighted by atomic mass is 9.67. The summed E-state index contributed by atoms with van der Waals surface area (Å²) >= 11 is 0. The predicted octanol–water partition coefficient (Wildman–Crippen LogP) is 6.65. The average molecular weight is 534 g/mol. The van der Waals surface area contributed by atoms with Crippen LogP contribution in [0.15, 0.2) is 42.5 Å². The molecule has 1 saturated heterocycles. The molecule has 202 valence electrons. The Morgan fingerprint density at radius 1 is 0.895 bits per heavy atom. The van der Waals surface area contributed by atoms with Crippen molar-refractivity contribution in [2.45, 2.75) is 44.1 Å². The zero-order valence-electron chi connectivity index (χ0n) is 21.0. The Bertz CT molecular complexity index is 1310. The molecule has 2 atom stereocenters. The first-order chi connectivity index (χ1) is 18.1. The Morgan fingerprint density at radius 3 is 2.13 bits per heavy atom. The summed E-state index contributed by atoms with van der Waals surface area (Å²) in [5, 5.41) is 10.0. The summed E-state index contributed by atoms with van der Waals surface area (Å²) < 4.78 is 84.7. The summed E-state index contributed by atoms with van der Waals surface area (Å²) in [5.74, 6) is -11.4. The van der Waals surface area contributed by atoms with Gasteiger partial charge in [0.15, 0.2) is 23.3 Å². The number of nitrogens with zero attached hydrogens (tertiary/aromatic N) is 1. The number of halogens is 5. The molecule has 0 amide bonds. The van der Waals surface area contributed by atoms with Crippen molar-refractivity contribution in [3.05, 3.63) is 88.2 Å². The summed E-state index contributed by atoms with van der Waals surface area (Å²) in [4.78, 5) is 2.32. The third-order valence-electron chi connectivity index (χ3n) is 7.46. The van der Waals surface area contributed by atoms with Gasteiger partial charge < -0.3 is 14.6 Å². The van der Waals surface area contributed by atoms with Crippen molar-refractivity contribution < 1.29 is 36.5 Å². The quantitative estimate of drug-likeness (QED) is 0.219. The molecular weight excluding hydrogens is 505 g/mol. The van der Waals surface area contributed by atoms with Crippen LogP contribution in [0, 0.1) is 29.1 Å². The molecule has 0 aliphatic carbocycles. The Morgan fingerprint density at radius 2 is 1.50 bits per heavy atom. The summed E-state index contributed by atoms with van der Waals surface area (Å²) in [7, 11) is 0. The van der Waals surface area contributed by atoms with E-state index in [0.717, 1.165) is 19.6 Å². The molecule has 4 nitrogen and oxygen atoms in total. The van der Waals surface area contributed by atoms with Crippen molar-refractivity contribution in [3.63, 3.8) is 0 Å². The number of phenolic OH excluding ortho intramolecular Hbond substituents is 1. The van der Waals surface area contributed by atoms with Crippen molar-refractivity contribution in [2.75, 3.05) is 26.2 Å². The molecular formula is C29H28F5NO3. The van der Waals surface area contributed by atoms with E-state index in [1.54, 1.807) is 24.3 Å². The van der Waals surface area contributed by atoms with Crippen LogP contribution < -0.4 is 9.47 Å². The van der Waals surface area contributed by atoms with Gasteiger partial charge in [-0.05, 0) is 63.5 Å². The maximum Gasteiger partial charge on any atom is 0.200 e. The maximum atomic E-state index is 15.2. The van der Waals surface area contributed by atoms with Crippen molar-refractivity contribution in [3.8, 4) is 17.2 Å². The molecule has 2 heterocycles. The lowest BCUT2D eigenvalue weighted by Gasteiger charge is -2.45. The first-order valence-electron chi connectivity index (χ1n) is 12.6. The largest absolute Gasteiger partial charge is 0.508 e. The number of benzene rings is 3. The molecule has 0 aromatic heterocycles. The number of fused-ring (bicyclic) bond motifs is 1. The average Bonchev–Trinajstić information content (AvgIpc) is 3.40. The van der Waals surface area contributed by atoms with E-state index in [0.29, 0.717) is 23.5 Å². The highest BCUT2D eigenvalue weighted by Gasteiger charge is 2.49. The lowest BCUT2D eigenvalue weighted by Crippen LogP contribution is -2.44. The molecule has 5 rings (SSSR count). The lowest BCUT2D eigenvalue weighted by molar-refractivity contribution is 0.0491. The number of hydrogen-bond donors (Lipinski definition) is 1. The van der Waals surface area contributed by atoms with E-state index < -0.39 is 52.1 Å². The van der Waals surface area contributed by atoms with Crippen LogP contribution in [0.25, 0.3) is 0 Å². The minimum Gasteiger partial charge on any atom is -0.508 e. The molecule has 9 heteroatoms. The van der Waals surface area contributed by atoms with Crippen LogP contribution in [-0.2, 0) is 0 Å². The Kier molecular flexibility index (Phi) is 6.98. The van der Waals surface area contributed by atoms with Crippen molar-refractivity contribution in [2.24, 2.45) is 0 Å². The maximum absolute atomic E-state index is 15.2. The van der Waals surface area contributed by atoms with Crippen LogP contribution in [0.4, 0.5) is 22.0 Å². The van der Waals surface area contributed by atoms with E-state index in [4.69, 9.17) is 9.47 Å². The molecule has 0 saturated carbocycles. The fourth-order valence-electron chi connectivity index (χ4n) is 5.65. The molecule has 2 aliphatic heterocycles. The highest BCUT2D eigenvalue weighted by molar-refractivity contribution is 5.53. The molecule has 0 bridgehead atoms. The van der Waals surface area contributed by atoms with Gasteiger partial charge in [0.05, 0.1) is 0 Å². The van der Waals surface area contributed by atoms with E-state index in [2.05, 4.69) is 4.90 Å². The summed E-state index contributed by atoms with van der Waals surface area (Å²) in [5.41, 5.74) is -1.36. The van der Waals surface area contributed by atoms with Gasteiger partial charge >= 0.3 is 0 Å². The van der Waals surface area contributed by atoms with Crippen molar-refractivity contribution >= 4 is 0 Å². The second-order valence-electron chi connectivity index (χ2n) is 10.3. The minimum atomic E-state index is -2.21. The topological polar surface area (TPSA) is 41.9 Å². The van der Waals surface area contributed by atoms with Gasteiger partial charge in [-0.25, -0.2) is 22.0 Å². The molecule has 2 aliphatic rings. The molecule has 0 radical (unpaired) electrons. The molecule has 1 N–H and O–H groups in total. The third kappa shape index (κ3) is 4.68. The monoisotopic (exact) mass is 533 g/mol. The van der Waals surface area contributed by atoms with Gasteiger partial charge in [-0.1, -0.05) is 18.2 Å². The molecule has 0 spiro atoms. The van der Waals surface area contributed by atoms with Gasteiger partial charge in [0, 0.05) is 35.6 Å². The second kappa shape index (κ2) is 10.1. The van der Waals surface area contributed by atoms with Crippen LogP contribution in [0.2, 0.25) is 0 Å². The van der Waals surface area contributed by atoms with Crippen molar-refractivity contribution in [1.29, 1.82) is 0 Å². The molecule has 3 aromatic rings. The summed E-state index contributed by atoms with van der Waals surface area (Å²) in [6.07, 6.45) is 2.36. The molecule has 0 unspecified atom stereocenters. The number of likely N-dealkylation sites (tertiary alicyclic amines) is 1. The van der Waals surface area contributed by atoms with Crippen LogP contribution in [0.3, 0.4) is 0 Å². The standard InChI is InChI=1S/C29H28F5NO3/c1-29(2)23(22-24(30)26(32)28(34)27(33)25(22)31)21(19-10-7-17(36)15-20(19)38-29)16-5-8-18(9-6-16)37-14-13-35-11-3-4-12-35/h5-10,15,21,23,36H,3-4,11-14H2,1-2H3/t21-,23-/m0/s1. The van der Waals surface area contributed by atoms with E-state index in [-0.39, 0.29) is 11.5 Å². The van der Waals surface area contributed by atoms with E-state index in [1.165, 1.54) is 44.9 Å². The zero-order valence-corrected chi connectivity index (χ0v) is 21.0. The SMILES string of the molecule is CC1(C)Oc2cc(O)ccc2[C@H](c2ccc(OCCN3CCCC3)cc2)[C@H]1c1c(F)c(F)c(F)c(F)c1F. The second-order valence-corrected chi connectivity index (χ2v) is 10.3. The first-order valence-corrected chi connectivity index (χ1v) is 12.6. The molecule has 38 heavy (non-hydrogen) atoms. The Hall–Kier alpha value is -3.33. The van der Waals surface area contributed by atoms with Gasteiger partial charge in [-0.15, -0.1) is 0 Å². The van der Waals surface area contributed by atoms with E-state index in [9.17, 15) is 18.3 Å². The normalized spacial score (nSPS) is 20.7. The minimum absolute atomic E-state index is 0.0882. The zero-order chi connectivity index (χ0) is 27.2. The predicted molar refractivity (Wildman–Crippen MR) is 131 cm³/mol. The van der Waals surface area contributed by atoms with Gasteiger partial charge in [0.2, 0.25) is 5.82 Å². The number of aromatic hydroxyl groups is 1. The van der Waals surface area contributed by atoms with Gasteiger partial charge in [-0.2, -0.15) is 0 Å². The first kappa shape index (κ1) is 26.3. The highest BCUT2D eigenvalue weighted by Crippen LogP contribution is 2.55. The molecule has 3 aromatic carbocycles. The van der Waals surface area contributed by atoms with Gasteiger partial charge in [0.1, 0.15) is 29.5 Å². The fraction of sp³-hybridized carbons (Fsp3) is 0.379. The van der Waals surface area contributed by atoms with Crippen LogP contribution in [-0.4, -0.2) is 41.8 Å². The van der Waals surface area contributed by atoms with Gasteiger partial charge in [0.25, 0.3) is 0 Å². The fourth-order valence-corrected chi connectivity index (χ4v) is 5.65. The van der Waals surface area contributed by atoms with Crippen LogP contribution >= 0.6 is 0 Å². The van der Waals surface area contributed by atoms with E-state index in [1.807, 2.05) is 0 Å². The summed E-state index contributed by atoms with van der Waals surface area (Å²) in [6, 6.07) is 11.2. The van der Waals surface area contributed by atoms with Gasteiger partial charge in [-0.3, -0.25) is 4.90 Å². The number of rotatable bonds is 6. The van der Waals surface area contributed by atoms with Crippen LogP contribution in [0.1, 0.15) is 55.2 Å². The summed E-state index contributed by atoms with van der Waals surface area (Å²) in [6.45, 7) is 6.44. The highest BCUT2D eigenvalue weighted by atomic mass is 19.2. The number of phenols is 1. The number of hydrogen-bond acceptors (Lipinski definition) is 4. The molecule has 1 fully saturated rings. The smallest absolute Gasteiger partial charge is 0.200 e. The number of ether oxygens (including phenoxy) is 2. The third-order valence-corrected chi connectivity index (χ3v) is 7.46. The van der Waals surface area contributed by atoms with Crippen molar-refractivity contribution in [1.82, 2.24) is 4.90 Å². The van der Waals surface area contributed by atoms with E-state index >= 15 is 8.78 Å². The Labute approximate surface area is 217 Å². The Balaban J connectivity index is 1.57. The van der Waals surface area contributed by atoms with Crippen LogP contribution in [0.5, 0.6) is 17.2 Å².